The van der Waals surface area contributed by atoms with Crippen LogP contribution in [0.1, 0.15) is 5.56 Å². The molecule has 1 aromatic heterocycles. The van der Waals surface area contributed by atoms with Gasteiger partial charge in [0.15, 0.2) is 0 Å². The normalized spacial score (nSPS) is 9.86. The van der Waals surface area contributed by atoms with Crippen LogP contribution in [0.25, 0.3) is 11.0 Å². The van der Waals surface area contributed by atoms with Gasteiger partial charge in [-0.3, -0.25) is 0 Å². The average Bonchev–Trinajstić information content (AvgIpc) is 2.59. The summed E-state index contributed by atoms with van der Waals surface area (Å²) in [4.78, 5) is 9.24. The van der Waals surface area contributed by atoms with E-state index in [1.807, 2.05) is 18.2 Å². The molecular weight excluding hydrogens is 223 g/mol. The lowest BCUT2D eigenvalue weighted by atomic mass is 10.2. The molecule has 0 aliphatic carbocycles. The van der Waals surface area contributed by atoms with Crippen molar-refractivity contribution in [2.75, 3.05) is 7.11 Å². The average molecular weight is 233 g/mol. The molecule has 0 aliphatic heterocycles. The van der Waals surface area contributed by atoms with Crippen molar-refractivity contribution in [3.63, 3.8) is 0 Å². The van der Waals surface area contributed by atoms with E-state index in [9.17, 15) is 0 Å². The van der Waals surface area contributed by atoms with Gasteiger partial charge in [0.25, 0.3) is 0 Å². The molecule has 0 atom stereocenters. The molecule has 3 nitrogen and oxygen atoms in total. The summed E-state index contributed by atoms with van der Waals surface area (Å²) in [6, 6.07) is 5.86. The maximum atomic E-state index is 5.72. The van der Waals surface area contributed by atoms with Gasteiger partial charge in [0, 0.05) is 5.88 Å². The Bertz CT molecular complexity index is 428. The zero-order chi connectivity index (χ0) is 9.26. The van der Waals surface area contributed by atoms with Crippen molar-refractivity contribution < 1.29 is 4.84 Å². The number of benzene rings is 1. The van der Waals surface area contributed by atoms with Gasteiger partial charge in [-0.05, 0) is 17.7 Å². The van der Waals surface area contributed by atoms with Crippen molar-refractivity contribution in [1.82, 2.24) is 9.71 Å². The van der Waals surface area contributed by atoms with E-state index < -0.39 is 0 Å². The Kier molecular flexibility index (Phi) is 3.61. The van der Waals surface area contributed by atoms with E-state index in [0.29, 0.717) is 5.88 Å². The first-order chi connectivity index (χ1) is 6.35. The molecule has 76 valence electrons. The van der Waals surface area contributed by atoms with Crippen LogP contribution >= 0.6 is 24.0 Å². The van der Waals surface area contributed by atoms with Gasteiger partial charge in [-0.15, -0.1) is 24.0 Å². The van der Waals surface area contributed by atoms with Gasteiger partial charge in [0.2, 0.25) is 0 Å². The summed E-state index contributed by atoms with van der Waals surface area (Å²) in [5.74, 6) is 0.505. The molecule has 0 amide bonds. The topological polar surface area (TPSA) is 27.1 Å². The molecule has 1 heterocycles. The molecule has 0 unspecified atom stereocenters. The number of hydrogen-bond donors (Lipinski definition) is 0. The highest BCUT2D eigenvalue weighted by atomic mass is 35.5. The Labute approximate surface area is 93.0 Å². The molecule has 2 aromatic rings. The molecule has 5 heteroatoms. The largest absolute Gasteiger partial charge is 0.416 e. The second-order valence-electron chi connectivity index (χ2n) is 2.71. The first-order valence-electron chi connectivity index (χ1n) is 3.91. The lowest BCUT2D eigenvalue weighted by molar-refractivity contribution is 0.177. The van der Waals surface area contributed by atoms with Crippen molar-refractivity contribution in [3.8, 4) is 0 Å². The zero-order valence-electron chi connectivity index (χ0n) is 7.61. The van der Waals surface area contributed by atoms with Gasteiger partial charge in [-0.1, -0.05) is 6.07 Å². The predicted octanol–water partition coefficient (Wildman–Crippen LogP) is 2.26. The van der Waals surface area contributed by atoms with Crippen LogP contribution in [0.15, 0.2) is 24.5 Å². The Balaban J connectivity index is 0.000000980. The molecule has 0 saturated heterocycles. The minimum absolute atomic E-state index is 0. The van der Waals surface area contributed by atoms with Crippen LogP contribution in [0.5, 0.6) is 0 Å². The van der Waals surface area contributed by atoms with Gasteiger partial charge in [-0.2, -0.15) is 4.73 Å². The fraction of sp³-hybridized carbons (Fsp3) is 0.222. The van der Waals surface area contributed by atoms with E-state index in [0.717, 1.165) is 16.6 Å². The van der Waals surface area contributed by atoms with E-state index in [2.05, 4.69) is 4.98 Å². The van der Waals surface area contributed by atoms with E-state index in [1.54, 1.807) is 18.2 Å². The number of hydrogen-bond acceptors (Lipinski definition) is 2. The van der Waals surface area contributed by atoms with E-state index in [-0.39, 0.29) is 12.4 Å². The molecule has 0 radical (unpaired) electrons. The SMILES string of the molecule is COn1cnc2ccc(CCl)cc21.Cl. The summed E-state index contributed by atoms with van der Waals surface area (Å²) < 4.78 is 1.62. The summed E-state index contributed by atoms with van der Waals surface area (Å²) in [5.41, 5.74) is 2.92. The summed E-state index contributed by atoms with van der Waals surface area (Å²) in [6.45, 7) is 0. The Morgan fingerprint density at radius 3 is 2.93 bits per heavy atom. The quantitative estimate of drug-likeness (QED) is 0.744. The minimum atomic E-state index is 0. The molecule has 2 rings (SSSR count). The number of aromatic nitrogens is 2. The summed E-state index contributed by atoms with van der Waals surface area (Å²) in [6.07, 6.45) is 1.64. The van der Waals surface area contributed by atoms with Crippen molar-refractivity contribution in [3.05, 3.63) is 30.1 Å². The van der Waals surface area contributed by atoms with Gasteiger partial charge >= 0.3 is 0 Å². The Morgan fingerprint density at radius 2 is 2.29 bits per heavy atom. The fourth-order valence-electron chi connectivity index (χ4n) is 1.26. The summed E-state index contributed by atoms with van der Waals surface area (Å²) >= 11 is 5.72. The molecular formula is C9H10Cl2N2O. The van der Waals surface area contributed by atoms with Crippen LogP contribution in [-0.4, -0.2) is 16.8 Å². The van der Waals surface area contributed by atoms with E-state index in [4.69, 9.17) is 16.4 Å². The lowest BCUT2D eigenvalue weighted by Gasteiger charge is -2.01. The molecule has 0 spiro atoms. The number of imidazole rings is 1. The van der Waals surface area contributed by atoms with E-state index >= 15 is 0 Å². The second kappa shape index (κ2) is 4.53. The van der Waals surface area contributed by atoms with Crippen molar-refractivity contribution in [2.24, 2.45) is 0 Å². The third-order valence-electron chi connectivity index (χ3n) is 1.93. The molecule has 0 saturated carbocycles. The van der Waals surface area contributed by atoms with Gasteiger partial charge in [0.05, 0.1) is 5.52 Å². The summed E-state index contributed by atoms with van der Waals surface area (Å²) in [5, 5.41) is 0. The van der Waals surface area contributed by atoms with Crippen LogP contribution in [0.2, 0.25) is 0 Å². The monoisotopic (exact) mass is 232 g/mol. The van der Waals surface area contributed by atoms with Crippen LogP contribution in [0.3, 0.4) is 0 Å². The predicted molar refractivity (Wildman–Crippen MR) is 59.0 cm³/mol. The van der Waals surface area contributed by atoms with Crippen LogP contribution in [0.4, 0.5) is 0 Å². The molecule has 1 aromatic carbocycles. The highest BCUT2D eigenvalue weighted by Gasteiger charge is 2.02. The smallest absolute Gasteiger partial charge is 0.133 e. The van der Waals surface area contributed by atoms with Gasteiger partial charge in [0.1, 0.15) is 19.0 Å². The van der Waals surface area contributed by atoms with Crippen LogP contribution in [-0.2, 0) is 5.88 Å². The first-order valence-corrected chi connectivity index (χ1v) is 4.45. The van der Waals surface area contributed by atoms with Crippen LogP contribution in [0, 0.1) is 0 Å². The zero-order valence-corrected chi connectivity index (χ0v) is 9.18. The Morgan fingerprint density at radius 1 is 1.50 bits per heavy atom. The molecule has 0 N–H and O–H groups in total. The molecule has 0 fully saturated rings. The van der Waals surface area contributed by atoms with Gasteiger partial charge < -0.3 is 4.84 Å². The molecule has 14 heavy (non-hydrogen) atoms. The lowest BCUT2D eigenvalue weighted by Crippen LogP contribution is -2.02. The maximum absolute atomic E-state index is 5.72. The van der Waals surface area contributed by atoms with Crippen molar-refractivity contribution in [1.29, 1.82) is 0 Å². The first kappa shape index (κ1) is 11.1. The number of alkyl halides is 1. The van der Waals surface area contributed by atoms with Gasteiger partial charge in [-0.25, -0.2) is 4.98 Å². The number of rotatable bonds is 2. The fourth-order valence-corrected chi connectivity index (χ4v) is 1.43. The third kappa shape index (κ3) is 1.79. The van der Waals surface area contributed by atoms with E-state index in [1.165, 1.54) is 0 Å². The second-order valence-corrected chi connectivity index (χ2v) is 2.98. The molecule has 0 bridgehead atoms. The standard InChI is InChI=1S/C9H9ClN2O.ClH/c1-13-12-6-11-8-3-2-7(5-10)4-9(8)12;/h2-4,6H,5H2,1H3;1H. The Hall–Kier alpha value is -0.930. The van der Waals surface area contributed by atoms with Crippen molar-refractivity contribution >= 4 is 35.0 Å². The number of nitrogens with zero attached hydrogens (tertiary/aromatic N) is 2. The highest BCUT2D eigenvalue weighted by Crippen LogP contribution is 2.15. The highest BCUT2D eigenvalue weighted by molar-refractivity contribution is 6.17. The van der Waals surface area contributed by atoms with Crippen LogP contribution < -0.4 is 4.84 Å². The third-order valence-corrected chi connectivity index (χ3v) is 2.24. The van der Waals surface area contributed by atoms with Crippen molar-refractivity contribution in [2.45, 2.75) is 5.88 Å². The number of halogens is 2. The summed E-state index contributed by atoms with van der Waals surface area (Å²) in [7, 11) is 1.61. The maximum Gasteiger partial charge on any atom is 0.133 e. The number of fused-ring (bicyclic) bond motifs is 1. The molecule has 0 aliphatic rings. The minimum Gasteiger partial charge on any atom is -0.416 e.